The van der Waals surface area contributed by atoms with Gasteiger partial charge in [0, 0.05) is 30.6 Å². The van der Waals surface area contributed by atoms with Gasteiger partial charge in [0.05, 0.1) is 5.39 Å². The van der Waals surface area contributed by atoms with E-state index in [-0.39, 0.29) is 0 Å². The van der Waals surface area contributed by atoms with Crippen LogP contribution in [0.25, 0.3) is 22.4 Å². The van der Waals surface area contributed by atoms with Crippen molar-refractivity contribution in [2.45, 2.75) is 6.42 Å². The zero-order valence-electron chi connectivity index (χ0n) is 13.6. The molecule has 0 amide bonds. The summed E-state index contributed by atoms with van der Waals surface area (Å²) in [5, 5.41) is 13.1. The van der Waals surface area contributed by atoms with Crippen LogP contribution in [0.15, 0.2) is 39.7 Å². The zero-order valence-corrected chi connectivity index (χ0v) is 16.0. The molecule has 4 aromatic rings. The number of fused-ring (bicyclic) bond motifs is 1. The largest absolute Gasteiger partial charge is 0.369 e. The van der Waals surface area contributed by atoms with Gasteiger partial charge < -0.3 is 9.84 Å². The molecule has 0 spiro atoms. The topological polar surface area (TPSA) is 94.6 Å². The summed E-state index contributed by atoms with van der Waals surface area (Å²) in [6, 6.07) is 7.29. The van der Waals surface area contributed by atoms with Gasteiger partial charge in [0.25, 0.3) is 0 Å². The number of aromatic nitrogens is 6. The molecule has 0 fully saturated rings. The van der Waals surface area contributed by atoms with E-state index in [1.807, 2.05) is 19.2 Å². The van der Waals surface area contributed by atoms with E-state index in [0.717, 1.165) is 16.6 Å². The first kappa shape index (κ1) is 16.9. The minimum atomic E-state index is 0.538. The summed E-state index contributed by atoms with van der Waals surface area (Å²) in [6.07, 6.45) is 2.06. The number of hydrogen-bond acceptors (Lipinski definition) is 7. The Kier molecular flexibility index (Phi) is 4.56. The SMILES string of the molecule is Cn1nc(Br)c2c(NCCc3nc(-c4ccc(Cl)cc4)no3)ncnc21. The first-order valence-electron chi connectivity index (χ1n) is 7.77. The third-order valence-corrected chi connectivity index (χ3v) is 4.59. The van der Waals surface area contributed by atoms with Crippen molar-refractivity contribution >= 4 is 44.4 Å². The summed E-state index contributed by atoms with van der Waals surface area (Å²) in [4.78, 5) is 12.9. The smallest absolute Gasteiger partial charge is 0.228 e. The van der Waals surface area contributed by atoms with Gasteiger partial charge >= 0.3 is 0 Å². The number of rotatable bonds is 5. The summed E-state index contributed by atoms with van der Waals surface area (Å²) < 4.78 is 7.70. The van der Waals surface area contributed by atoms with Crippen LogP contribution in [0.3, 0.4) is 0 Å². The predicted molar refractivity (Wildman–Crippen MR) is 101 cm³/mol. The van der Waals surface area contributed by atoms with Gasteiger partial charge in [0.2, 0.25) is 11.7 Å². The lowest BCUT2D eigenvalue weighted by molar-refractivity contribution is 0.381. The van der Waals surface area contributed by atoms with Crippen LogP contribution in [0.4, 0.5) is 5.82 Å². The van der Waals surface area contributed by atoms with E-state index in [1.165, 1.54) is 6.33 Å². The lowest BCUT2D eigenvalue weighted by Crippen LogP contribution is -2.07. The van der Waals surface area contributed by atoms with Crippen molar-refractivity contribution < 1.29 is 4.52 Å². The molecule has 3 heterocycles. The van der Waals surface area contributed by atoms with Gasteiger partial charge in [-0.25, -0.2) is 14.6 Å². The number of aryl methyl sites for hydroxylation is 1. The summed E-state index contributed by atoms with van der Waals surface area (Å²) in [5.41, 5.74) is 1.60. The molecular weight excluding hydrogens is 422 g/mol. The minimum Gasteiger partial charge on any atom is -0.369 e. The Morgan fingerprint density at radius 1 is 1.23 bits per heavy atom. The first-order chi connectivity index (χ1) is 12.6. The van der Waals surface area contributed by atoms with Gasteiger partial charge in [-0.15, -0.1) is 0 Å². The van der Waals surface area contributed by atoms with E-state index >= 15 is 0 Å². The molecule has 3 aromatic heterocycles. The molecule has 0 saturated heterocycles. The van der Waals surface area contributed by atoms with Gasteiger partial charge in [0.1, 0.15) is 16.7 Å². The third-order valence-electron chi connectivity index (χ3n) is 3.78. The van der Waals surface area contributed by atoms with Crippen molar-refractivity contribution in [3.63, 3.8) is 0 Å². The summed E-state index contributed by atoms with van der Waals surface area (Å²) in [5.74, 6) is 1.78. The molecule has 132 valence electrons. The van der Waals surface area contributed by atoms with Gasteiger partial charge in [-0.05, 0) is 40.2 Å². The molecule has 1 aromatic carbocycles. The summed E-state index contributed by atoms with van der Waals surface area (Å²) in [7, 11) is 1.83. The summed E-state index contributed by atoms with van der Waals surface area (Å²) in [6.45, 7) is 0.579. The number of nitrogens with one attached hydrogen (secondary N) is 1. The highest BCUT2D eigenvalue weighted by molar-refractivity contribution is 9.10. The Morgan fingerprint density at radius 2 is 2.04 bits per heavy atom. The molecule has 0 aliphatic heterocycles. The molecule has 4 rings (SSSR count). The quantitative estimate of drug-likeness (QED) is 0.514. The van der Waals surface area contributed by atoms with Crippen LogP contribution in [0.5, 0.6) is 0 Å². The Hall–Kier alpha value is -2.52. The molecule has 0 unspecified atom stereocenters. The maximum Gasteiger partial charge on any atom is 0.228 e. The average Bonchev–Trinajstić information content (AvgIpc) is 3.21. The highest BCUT2D eigenvalue weighted by atomic mass is 79.9. The van der Waals surface area contributed by atoms with Crippen LogP contribution in [-0.2, 0) is 13.5 Å². The van der Waals surface area contributed by atoms with E-state index < -0.39 is 0 Å². The summed E-state index contributed by atoms with van der Waals surface area (Å²) >= 11 is 9.33. The average molecular weight is 435 g/mol. The molecule has 0 saturated carbocycles. The number of benzene rings is 1. The van der Waals surface area contributed by atoms with E-state index in [0.29, 0.717) is 40.1 Å². The van der Waals surface area contributed by atoms with Crippen LogP contribution < -0.4 is 5.32 Å². The lowest BCUT2D eigenvalue weighted by Gasteiger charge is -2.04. The van der Waals surface area contributed by atoms with Crippen molar-refractivity contribution in [2.24, 2.45) is 7.05 Å². The van der Waals surface area contributed by atoms with Crippen molar-refractivity contribution in [2.75, 3.05) is 11.9 Å². The number of halogens is 2. The van der Waals surface area contributed by atoms with Crippen molar-refractivity contribution in [1.29, 1.82) is 0 Å². The molecule has 0 aliphatic carbocycles. The van der Waals surface area contributed by atoms with Gasteiger partial charge in [-0.1, -0.05) is 16.8 Å². The Balaban J connectivity index is 1.45. The van der Waals surface area contributed by atoms with Crippen LogP contribution >= 0.6 is 27.5 Å². The van der Waals surface area contributed by atoms with Gasteiger partial charge in [0.15, 0.2) is 5.65 Å². The molecule has 0 atom stereocenters. The molecule has 0 aliphatic rings. The fourth-order valence-electron chi connectivity index (χ4n) is 2.54. The Morgan fingerprint density at radius 3 is 2.85 bits per heavy atom. The van der Waals surface area contributed by atoms with E-state index in [2.05, 4.69) is 46.5 Å². The van der Waals surface area contributed by atoms with Crippen LogP contribution in [0.1, 0.15) is 5.89 Å². The first-order valence-corrected chi connectivity index (χ1v) is 8.94. The second-order valence-corrected chi connectivity index (χ2v) is 6.72. The van der Waals surface area contributed by atoms with Crippen molar-refractivity contribution in [1.82, 2.24) is 29.9 Å². The maximum atomic E-state index is 5.89. The lowest BCUT2D eigenvalue weighted by atomic mass is 10.2. The zero-order chi connectivity index (χ0) is 18.1. The fraction of sp³-hybridized carbons (Fsp3) is 0.188. The highest BCUT2D eigenvalue weighted by Crippen LogP contribution is 2.26. The fourth-order valence-corrected chi connectivity index (χ4v) is 3.26. The molecule has 10 heteroatoms. The van der Waals surface area contributed by atoms with Crippen LogP contribution in [0.2, 0.25) is 5.02 Å². The predicted octanol–water partition coefficient (Wildman–Crippen LogP) is 3.48. The molecule has 0 radical (unpaired) electrons. The third kappa shape index (κ3) is 3.27. The van der Waals surface area contributed by atoms with Crippen LogP contribution in [0, 0.1) is 0 Å². The molecule has 26 heavy (non-hydrogen) atoms. The molecule has 0 bridgehead atoms. The second-order valence-electron chi connectivity index (χ2n) is 5.53. The highest BCUT2D eigenvalue weighted by Gasteiger charge is 2.14. The number of hydrogen-bond donors (Lipinski definition) is 1. The monoisotopic (exact) mass is 433 g/mol. The normalized spacial score (nSPS) is 11.2. The van der Waals surface area contributed by atoms with E-state index in [4.69, 9.17) is 16.1 Å². The Bertz CT molecular complexity index is 1060. The van der Waals surface area contributed by atoms with E-state index in [1.54, 1.807) is 16.8 Å². The number of nitrogens with zero attached hydrogens (tertiary/aromatic N) is 6. The van der Waals surface area contributed by atoms with Gasteiger partial charge in [-0.2, -0.15) is 10.1 Å². The standard InChI is InChI=1S/C16H13BrClN7O/c1-25-16-12(13(17)23-25)15(20-8-21-16)19-7-6-11-22-14(24-26-11)9-2-4-10(18)5-3-9/h2-5,8H,6-7H2,1H3,(H,19,20,21). The van der Waals surface area contributed by atoms with E-state index in [9.17, 15) is 0 Å². The number of anilines is 1. The maximum absolute atomic E-state index is 5.89. The van der Waals surface area contributed by atoms with Crippen molar-refractivity contribution in [3.05, 3.63) is 46.1 Å². The second kappa shape index (κ2) is 7.00. The Labute approximate surface area is 161 Å². The minimum absolute atomic E-state index is 0.538. The van der Waals surface area contributed by atoms with Crippen LogP contribution in [-0.4, -0.2) is 36.4 Å². The van der Waals surface area contributed by atoms with Gasteiger partial charge in [-0.3, -0.25) is 0 Å². The molecule has 1 N–H and O–H groups in total. The molecular formula is C16H13BrClN7O. The molecule has 8 nitrogen and oxygen atoms in total. The van der Waals surface area contributed by atoms with Crippen molar-refractivity contribution in [3.8, 4) is 11.4 Å².